The molecule has 1 unspecified atom stereocenters. The zero-order chi connectivity index (χ0) is 13.0. The number of fused-ring (bicyclic) bond motifs is 1. The molecule has 1 aromatic rings. The second-order valence-electron chi connectivity index (χ2n) is 5.80. The molecule has 0 amide bonds. The Labute approximate surface area is 110 Å². The number of nitrogens with zero attached hydrogens (tertiary/aromatic N) is 1. The molecule has 0 bridgehead atoms. The lowest BCUT2D eigenvalue weighted by atomic mass is 10.1. The number of aryl methyl sites for hydroxylation is 1. The molecule has 1 aliphatic rings. The van der Waals surface area contributed by atoms with Gasteiger partial charge in [0.15, 0.2) is 0 Å². The van der Waals surface area contributed by atoms with Crippen LogP contribution in [-0.4, -0.2) is 17.8 Å². The summed E-state index contributed by atoms with van der Waals surface area (Å²) in [5, 5.41) is 0. The largest absolute Gasteiger partial charge is 0.379 e. The number of hydrogen-bond donors (Lipinski definition) is 1. The Balaban J connectivity index is 1.89. The molecule has 1 atom stereocenters. The van der Waals surface area contributed by atoms with E-state index < -0.39 is 0 Å². The van der Waals surface area contributed by atoms with Crippen molar-refractivity contribution < 1.29 is 4.74 Å². The van der Waals surface area contributed by atoms with Gasteiger partial charge in [-0.15, -0.1) is 0 Å². The van der Waals surface area contributed by atoms with Gasteiger partial charge in [-0.05, 0) is 36.3 Å². The van der Waals surface area contributed by atoms with Crippen LogP contribution in [0.2, 0.25) is 0 Å². The molecule has 0 aliphatic heterocycles. The van der Waals surface area contributed by atoms with E-state index in [1.54, 1.807) is 0 Å². The first-order chi connectivity index (χ1) is 8.66. The molecule has 0 radical (unpaired) electrons. The highest BCUT2D eigenvalue weighted by molar-refractivity contribution is 5.28. The Morgan fingerprint density at radius 1 is 1.39 bits per heavy atom. The third-order valence-corrected chi connectivity index (χ3v) is 3.55. The van der Waals surface area contributed by atoms with Crippen molar-refractivity contribution in [2.45, 2.75) is 52.1 Å². The van der Waals surface area contributed by atoms with Crippen molar-refractivity contribution in [1.29, 1.82) is 0 Å². The third kappa shape index (κ3) is 3.59. The number of nitrogens with two attached hydrogens (primary N) is 1. The lowest BCUT2D eigenvalue weighted by Crippen LogP contribution is -2.10. The number of hydrogen-bond acceptors (Lipinski definition) is 2. The third-order valence-electron chi connectivity index (χ3n) is 3.55. The van der Waals surface area contributed by atoms with E-state index in [1.807, 2.05) is 0 Å². The lowest BCUT2D eigenvalue weighted by molar-refractivity contribution is 0.103. The monoisotopic (exact) mass is 250 g/mol. The van der Waals surface area contributed by atoms with Crippen LogP contribution in [0.4, 0.5) is 0 Å². The molecule has 18 heavy (non-hydrogen) atoms. The minimum atomic E-state index is 0.236. The maximum absolute atomic E-state index is 6.21. The fourth-order valence-corrected chi connectivity index (χ4v) is 2.57. The summed E-state index contributed by atoms with van der Waals surface area (Å²) in [7, 11) is 0. The maximum Gasteiger partial charge on any atom is 0.0645 e. The van der Waals surface area contributed by atoms with Gasteiger partial charge in [-0.25, -0.2) is 0 Å². The summed E-state index contributed by atoms with van der Waals surface area (Å²) in [6, 6.07) is 0.236. The van der Waals surface area contributed by atoms with Crippen LogP contribution in [0.3, 0.4) is 0 Å². The molecule has 1 aliphatic carbocycles. The van der Waals surface area contributed by atoms with E-state index in [1.165, 1.54) is 30.4 Å². The second-order valence-corrected chi connectivity index (χ2v) is 5.80. The van der Waals surface area contributed by atoms with Crippen LogP contribution in [0.25, 0.3) is 0 Å². The minimum Gasteiger partial charge on any atom is -0.379 e. The zero-order valence-corrected chi connectivity index (χ0v) is 11.7. The first kappa shape index (κ1) is 13.6. The fourth-order valence-electron chi connectivity index (χ4n) is 2.57. The van der Waals surface area contributed by atoms with E-state index in [4.69, 9.17) is 10.5 Å². The molecule has 0 fully saturated rings. The predicted octanol–water partition coefficient (Wildman–Crippen LogP) is 2.89. The summed E-state index contributed by atoms with van der Waals surface area (Å²) in [6.45, 7) is 6.93. The van der Waals surface area contributed by atoms with Gasteiger partial charge in [0.05, 0.1) is 6.61 Å². The number of rotatable bonds is 5. The topological polar surface area (TPSA) is 40.2 Å². The minimum absolute atomic E-state index is 0.236. The van der Waals surface area contributed by atoms with Crippen molar-refractivity contribution in [2.24, 2.45) is 11.7 Å². The van der Waals surface area contributed by atoms with Gasteiger partial charge >= 0.3 is 0 Å². The Hall–Kier alpha value is -0.800. The van der Waals surface area contributed by atoms with Crippen LogP contribution >= 0.6 is 0 Å². The quantitative estimate of drug-likeness (QED) is 0.645. The van der Waals surface area contributed by atoms with Crippen molar-refractivity contribution in [1.82, 2.24) is 4.57 Å². The van der Waals surface area contributed by atoms with Gasteiger partial charge < -0.3 is 15.0 Å². The number of aromatic nitrogens is 1. The van der Waals surface area contributed by atoms with Gasteiger partial charge in [-0.3, -0.25) is 0 Å². The zero-order valence-electron chi connectivity index (χ0n) is 11.7. The van der Waals surface area contributed by atoms with Crippen molar-refractivity contribution in [2.75, 3.05) is 13.2 Å². The molecular formula is C15H26N2O. The van der Waals surface area contributed by atoms with Crippen LogP contribution in [0.15, 0.2) is 12.4 Å². The maximum atomic E-state index is 6.21. The summed E-state index contributed by atoms with van der Waals surface area (Å²) >= 11 is 0. The van der Waals surface area contributed by atoms with E-state index in [9.17, 15) is 0 Å². The van der Waals surface area contributed by atoms with Crippen molar-refractivity contribution in [3.63, 3.8) is 0 Å². The molecule has 0 aromatic carbocycles. The molecule has 0 saturated heterocycles. The van der Waals surface area contributed by atoms with Gasteiger partial charge in [0.1, 0.15) is 0 Å². The molecule has 102 valence electrons. The molecule has 2 rings (SSSR count). The van der Waals surface area contributed by atoms with Gasteiger partial charge in [0, 0.05) is 31.6 Å². The Bertz CT molecular complexity index is 371. The van der Waals surface area contributed by atoms with Crippen LogP contribution in [0.5, 0.6) is 0 Å². The molecule has 1 aromatic heterocycles. The Kier molecular flexibility index (Phi) is 4.84. The summed E-state index contributed by atoms with van der Waals surface area (Å²) < 4.78 is 7.88. The average molecular weight is 250 g/mol. The normalized spacial score (nSPS) is 19.9. The molecular weight excluding hydrogens is 224 g/mol. The predicted molar refractivity (Wildman–Crippen MR) is 74.6 cm³/mol. The van der Waals surface area contributed by atoms with Crippen LogP contribution in [0, 0.1) is 5.92 Å². The number of ether oxygens (including phenoxy) is 1. The summed E-state index contributed by atoms with van der Waals surface area (Å²) in [5.41, 5.74) is 9.02. The lowest BCUT2D eigenvalue weighted by Gasteiger charge is -2.08. The molecule has 2 N–H and O–H groups in total. The second kappa shape index (κ2) is 6.39. The van der Waals surface area contributed by atoms with Crippen LogP contribution < -0.4 is 5.73 Å². The molecule has 0 saturated carbocycles. The first-order valence-electron chi connectivity index (χ1n) is 7.18. The Morgan fingerprint density at radius 3 is 3.00 bits per heavy atom. The Morgan fingerprint density at radius 2 is 2.22 bits per heavy atom. The molecule has 1 heterocycles. The highest BCUT2D eigenvalue weighted by atomic mass is 16.5. The van der Waals surface area contributed by atoms with Crippen molar-refractivity contribution in [3.8, 4) is 0 Å². The van der Waals surface area contributed by atoms with Crippen LogP contribution in [-0.2, 0) is 17.7 Å². The van der Waals surface area contributed by atoms with Gasteiger partial charge in [-0.2, -0.15) is 0 Å². The van der Waals surface area contributed by atoms with E-state index in [0.717, 1.165) is 26.2 Å². The highest BCUT2D eigenvalue weighted by Crippen LogP contribution is 2.27. The van der Waals surface area contributed by atoms with Gasteiger partial charge in [0.2, 0.25) is 0 Å². The first-order valence-corrected chi connectivity index (χ1v) is 7.18. The van der Waals surface area contributed by atoms with Crippen molar-refractivity contribution in [3.05, 3.63) is 23.5 Å². The van der Waals surface area contributed by atoms with E-state index >= 15 is 0 Å². The molecule has 3 nitrogen and oxygen atoms in total. The van der Waals surface area contributed by atoms with Crippen LogP contribution in [0.1, 0.15) is 50.3 Å². The van der Waals surface area contributed by atoms with Gasteiger partial charge in [0.25, 0.3) is 0 Å². The summed E-state index contributed by atoms with van der Waals surface area (Å²) in [5.74, 6) is 0.611. The van der Waals surface area contributed by atoms with E-state index in [-0.39, 0.29) is 6.04 Å². The SMILES string of the molecule is CC(C)COCCn1cc2c(c1)C(N)CCCC2. The smallest absolute Gasteiger partial charge is 0.0645 e. The molecule has 0 spiro atoms. The van der Waals surface area contributed by atoms with Crippen molar-refractivity contribution >= 4 is 0 Å². The fraction of sp³-hybridized carbons (Fsp3) is 0.733. The van der Waals surface area contributed by atoms with E-state index in [2.05, 4.69) is 30.8 Å². The van der Waals surface area contributed by atoms with E-state index in [0.29, 0.717) is 5.92 Å². The van der Waals surface area contributed by atoms with Gasteiger partial charge in [-0.1, -0.05) is 20.3 Å². The summed E-state index contributed by atoms with van der Waals surface area (Å²) in [4.78, 5) is 0. The highest BCUT2D eigenvalue weighted by Gasteiger charge is 2.17. The summed E-state index contributed by atoms with van der Waals surface area (Å²) in [6.07, 6.45) is 9.33. The molecule has 3 heteroatoms. The standard InChI is InChI=1S/C15H26N2O/c1-12(2)11-18-8-7-17-9-13-5-3-4-6-15(16)14(13)10-17/h9-10,12,15H,3-8,11,16H2,1-2H3. The average Bonchev–Trinajstić information content (AvgIpc) is 2.66.